The summed E-state index contributed by atoms with van der Waals surface area (Å²) in [6, 6.07) is 4.61. The molecule has 3 aromatic rings. The summed E-state index contributed by atoms with van der Waals surface area (Å²) in [4.78, 5) is 92.1. The van der Waals surface area contributed by atoms with E-state index in [9.17, 15) is 53.3 Å². The van der Waals surface area contributed by atoms with Crippen LogP contribution < -0.4 is 38.2 Å². The Balaban J connectivity index is 1.49. The molecule has 4 rings (SSSR count). The number of aromatic hydroxyl groups is 1. The molecule has 1 aromatic heterocycles. The lowest BCUT2D eigenvalue weighted by Gasteiger charge is -2.33. The number of likely N-dealkylation sites (N-methyl/N-ethyl adjacent to an activating group) is 1. The number of nitrogens with one attached hydrogen (secondary N) is 5. The molecule has 1 aliphatic rings. The number of aliphatic carboxylic acids is 1. The summed E-state index contributed by atoms with van der Waals surface area (Å²) in [5.41, 5.74) is 5.54. The molecule has 1 aliphatic heterocycles. The van der Waals surface area contributed by atoms with Crippen LogP contribution in [0.15, 0.2) is 82.3 Å². The van der Waals surface area contributed by atoms with Crippen LogP contribution in [-0.2, 0) is 36.8 Å². The van der Waals surface area contributed by atoms with Gasteiger partial charge in [0.1, 0.15) is 41.6 Å². The molecule has 1 saturated heterocycles. The molecule has 0 radical (unpaired) electrons. The fraction of sp³-hybridized carbons (Fsp3) is 0.361. The standard InChI is InChI=1S/C36H43FN8O11/c1-18(40-35(54)41-26(34(52)53)15-20-6-4-8-22(37)12-20)30(49)43-29(19(2)44(3)32(51)25(38)14-21-7-5-9-23(46)13-21)31(50)39-17-24-16-27(47)33(56-24)45-11-10-28(48)42-36(45)55/h4-13,17-19,25-27,29,33,46-47H,14-16,38H2,1-3H3,(H,39,50)(H,43,49)(H,52,53)(H2,40,41,54)(H,42,48,55)/b24-17-/t18-,19-,25-,26-,27+,29-,33+/m0/s1. The highest BCUT2D eigenvalue weighted by Gasteiger charge is 2.36. The molecule has 20 heteroatoms. The second kappa shape index (κ2) is 18.7. The number of carboxylic acids is 1. The van der Waals surface area contributed by atoms with Gasteiger partial charge >= 0.3 is 17.7 Å². The number of nitrogens with two attached hydrogens (primary N) is 1. The molecule has 5 amide bonds. The third-order valence-electron chi connectivity index (χ3n) is 8.89. The fourth-order valence-corrected chi connectivity index (χ4v) is 5.75. The third-order valence-corrected chi connectivity index (χ3v) is 8.89. The summed E-state index contributed by atoms with van der Waals surface area (Å²) in [7, 11) is 1.35. The van der Waals surface area contributed by atoms with Crippen molar-refractivity contribution < 1.29 is 48.4 Å². The van der Waals surface area contributed by atoms with Crippen LogP contribution in [0.5, 0.6) is 5.75 Å². The Hall–Kier alpha value is -6.54. The molecule has 7 atom stereocenters. The van der Waals surface area contributed by atoms with Gasteiger partial charge in [-0.2, -0.15) is 0 Å². The van der Waals surface area contributed by atoms with E-state index in [0.29, 0.717) is 11.1 Å². The van der Waals surface area contributed by atoms with Crippen molar-refractivity contribution in [2.24, 2.45) is 5.73 Å². The van der Waals surface area contributed by atoms with E-state index in [-0.39, 0.29) is 30.8 Å². The molecule has 0 aliphatic carbocycles. The number of hydrogen-bond donors (Lipinski definition) is 9. The lowest BCUT2D eigenvalue weighted by Crippen LogP contribution is -2.61. The molecule has 10 N–H and O–H groups in total. The van der Waals surface area contributed by atoms with Crippen molar-refractivity contribution in [3.05, 3.63) is 111 Å². The minimum atomic E-state index is -1.53. The molecule has 0 spiro atoms. The number of aromatic amines is 1. The highest BCUT2D eigenvalue weighted by molar-refractivity contribution is 5.93. The van der Waals surface area contributed by atoms with Crippen molar-refractivity contribution in [1.29, 1.82) is 0 Å². The number of nitrogens with zero attached hydrogens (tertiary/aromatic N) is 2. The predicted molar refractivity (Wildman–Crippen MR) is 195 cm³/mol. The quantitative estimate of drug-likeness (QED) is 0.0889. The average Bonchev–Trinajstić information content (AvgIpc) is 3.50. The number of halogens is 1. The maximum Gasteiger partial charge on any atom is 0.331 e. The van der Waals surface area contributed by atoms with E-state index < -0.39 is 89.3 Å². The smallest absolute Gasteiger partial charge is 0.331 e. The molecular formula is C36H43FN8O11. The average molecular weight is 783 g/mol. The first-order chi connectivity index (χ1) is 26.4. The van der Waals surface area contributed by atoms with E-state index in [0.717, 1.165) is 34.0 Å². The highest BCUT2D eigenvalue weighted by Crippen LogP contribution is 2.29. The minimum absolute atomic E-state index is 0.0159. The molecule has 2 heterocycles. The van der Waals surface area contributed by atoms with E-state index >= 15 is 0 Å². The van der Waals surface area contributed by atoms with E-state index in [2.05, 4.69) is 21.3 Å². The molecule has 2 aromatic carbocycles. The number of rotatable bonds is 15. The topological polar surface area (TPSA) is 288 Å². The number of urea groups is 1. The Bertz CT molecular complexity index is 2090. The first-order valence-corrected chi connectivity index (χ1v) is 17.2. The minimum Gasteiger partial charge on any atom is -0.508 e. The maximum atomic E-state index is 13.7. The van der Waals surface area contributed by atoms with Gasteiger partial charge in [-0.25, -0.2) is 18.8 Å². The number of ether oxygens (including phenoxy) is 1. The Kier molecular flexibility index (Phi) is 14.1. The normalized spacial score (nSPS) is 18.4. The first kappa shape index (κ1) is 42.2. The van der Waals surface area contributed by atoms with Gasteiger partial charge < -0.3 is 52.0 Å². The van der Waals surface area contributed by atoms with Crippen LogP contribution in [-0.4, -0.2) is 103 Å². The Morgan fingerprint density at radius 3 is 2.34 bits per heavy atom. The summed E-state index contributed by atoms with van der Waals surface area (Å²) in [6.07, 6.45) is -0.717. The number of phenols is 1. The molecular weight excluding hydrogens is 739 g/mol. The van der Waals surface area contributed by atoms with Crippen LogP contribution in [0.3, 0.4) is 0 Å². The van der Waals surface area contributed by atoms with Crippen molar-refractivity contribution >= 4 is 29.7 Å². The molecule has 1 fully saturated rings. The van der Waals surface area contributed by atoms with Gasteiger partial charge in [0, 0.05) is 38.4 Å². The summed E-state index contributed by atoms with van der Waals surface area (Å²) in [5.74, 6) is -4.49. The molecule has 19 nitrogen and oxygen atoms in total. The monoisotopic (exact) mass is 782 g/mol. The molecule has 56 heavy (non-hydrogen) atoms. The zero-order valence-corrected chi connectivity index (χ0v) is 30.5. The van der Waals surface area contributed by atoms with Gasteiger partial charge in [-0.05, 0) is 55.7 Å². The lowest BCUT2D eigenvalue weighted by atomic mass is 10.0. The van der Waals surface area contributed by atoms with Gasteiger partial charge in [0.2, 0.25) is 23.9 Å². The van der Waals surface area contributed by atoms with Crippen molar-refractivity contribution in [3.63, 3.8) is 0 Å². The van der Waals surface area contributed by atoms with E-state index in [4.69, 9.17) is 10.5 Å². The predicted octanol–water partition coefficient (Wildman–Crippen LogP) is -1.10. The molecule has 0 saturated carbocycles. The number of benzene rings is 2. The van der Waals surface area contributed by atoms with Crippen molar-refractivity contribution in [3.8, 4) is 5.75 Å². The largest absolute Gasteiger partial charge is 0.508 e. The zero-order chi connectivity index (χ0) is 41.3. The fourth-order valence-electron chi connectivity index (χ4n) is 5.75. The van der Waals surface area contributed by atoms with Crippen LogP contribution in [0.2, 0.25) is 0 Å². The first-order valence-electron chi connectivity index (χ1n) is 17.2. The highest BCUT2D eigenvalue weighted by atomic mass is 19.1. The SMILES string of the molecule is C[C@H](NC(=O)N[C@@H](Cc1cccc(F)c1)C(=O)O)C(=O)N[C@H](C(=O)N/C=C1/C[C@@H](O)[C@H](n2ccc(=O)[nH]c2=O)O1)[C@H](C)N(C)C(=O)[C@@H](N)Cc1cccc(O)c1. The van der Waals surface area contributed by atoms with Crippen LogP contribution >= 0.6 is 0 Å². The number of carboxylic acid groups (broad SMARTS) is 1. The van der Waals surface area contributed by atoms with Gasteiger partial charge in [0.25, 0.3) is 5.56 Å². The molecule has 0 unspecified atom stereocenters. The summed E-state index contributed by atoms with van der Waals surface area (Å²) in [5, 5.41) is 39.5. The number of amides is 5. The number of aliphatic hydroxyl groups is 1. The number of hydrogen-bond acceptors (Lipinski definition) is 11. The second-order valence-electron chi connectivity index (χ2n) is 13.1. The maximum absolute atomic E-state index is 13.7. The molecule has 0 bridgehead atoms. The second-order valence-corrected chi connectivity index (χ2v) is 13.1. The van der Waals surface area contributed by atoms with Crippen LogP contribution in [0, 0.1) is 5.82 Å². The van der Waals surface area contributed by atoms with E-state index in [1.54, 1.807) is 12.1 Å². The van der Waals surface area contributed by atoms with Gasteiger partial charge in [0.05, 0.1) is 12.1 Å². The number of phenolic OH excluding ortho intramolecular Hbond substituents is 1. The number of aromatic nitrogens is 2. The van der Waals surface area contributed by atoms with Gasteiger partial charge in [-0.15, -0.1) is 0 Å². The Labute approximate surface area is 318 Å². The van der Waals surface area contributed by atoms with E-state index in [1.165, 1.54) is 51.2 Å². The van der Waals surface area contributed by atoms with Crippen molar-refractivity contribution in [1.82, 2.24) is 35.7 Å². The van der Waals surface area contributed by atoms with Gasteiger partial charge in [0.15, 0.2) is 0 Å². The van der Waals surface area contributed by atoms with Crippen LogP contribution in [0.4, 0.5) is 9.18 Å². The lowest BCUT2D eigenvalue weighted by molar-refractivity contribution is -0.139. The number of H-pyrrole nitrogens is 1. The summed E-state index contributed by atoms with van der Waals surface area (Å²) in [6.45, 7) is 2.70. The number of carbonyl (C=O) groups is 5. The van der Waals surface area contributed by atoms with Crippen molar-refractivity contribution in [2.75, 3.05) is 7.05 Å². The Morgan fingerprint density at radius 1 is 1.02 bits per heavy atom. The number of aliphatic hydroxyl groups excluding tert-OH is 1. The van der Waals surface area contributed by atoms with E-state index in [1.807, 2.05) is 4.98 Å². The summed E-state index contributed by atoms with van der Waals surface area (Å²) < 4.78 is 20.2. The van der Waals surface area contributed by atoms with Gasteiger partial charge in [-0.1, -0.05) is 24.3 Å². The summed E-state index contributed by atoms with van der Waals surface area (Å²) >= 11 is 0. The van der Waals surface area contributed by atoms with Crippen LogP contribution in [0.1, 0.15) is 37.6 Å². The van der Waals surface area contributed by atoms with Gasteiger partial charge in [-0.3, -0.25) is 28.7 Å². The molecule has 300 valence electrons. The third kappa shape index (κ3) is 11.2. The van der Waals surface area contributed by atoms with Crippen molar-refractivity contribution in [2.45, 2.75) is 75.7 Å². The number of carbonyl (C=O) groups excluding carboxylic acids is 4. The Morgan fingerprint density at radius 2 is 1.70 bits per heavy atom. The van der Waals surface area contributed by atoms with Crippen LogP contribution in [0.25, 0.3) is 0 Å². The zero-order valence-electron chi connectivity index (χ0n) is 30.5.